The van der Waals surface area contributed by atoms with Crippen molar-refractivity contribution in [3.05, 3.63) is 23.8 Å². The Balaban J connectivity index is 3.82. The Morgan fingerprint density at radius 3 is 2.69 bits per heavy atom. The van der Waals surface area contributed by atoms with E-state index in [0.29, 0.717) is 0 Å². The van der Waals surface area contributed by atoms with Crippen LogP contribution in [0.3, 0.4) is 0 Å². The molecule has 0 spiro atoms. The third kappa shape index (κ3) is 6.14. The molecule has 0 saturated carbocycles. The number of amides is 1. The van der Waals surface area contributed by atoms with E-state index in [1.807, 2.05) is 32.1 Å². The van der Waals surface area contributed by atoms with Crippen molar-refractivity contribution in [3.63, 3.8) is 0 Å². The SMILES string of the molecule is CC=CC=C(C)C(=O)NCCCC. The summed E-state index contributed by atoms with van der Waals surface area (Å²) in [6, 6.07) is 0. The van der Waals surface area contributed by atoms with E-state index in [2.05, 4.69) is 12.2 Å². The zero-order chi connectivity index (χ0) is 10.1. The Morgan fingerprint density at radius 2 is 2.15 bits per heavy atom. The highest BCUT2D eigenvalue weighted by Crippen LogP contribution is 1.93. The second-order valence-corrected chi connectivity index (χ2v) is 2.98. The number of hydrogen-bond acceptors (Lipinski definition) is 1. The maximum absolute atomic E-state index is 11.3. The van der Waals surface area contributed by atoms with Gasteiger partial charge in [-0.25, -0.2) is 0 Å². The van der Waals surface area contributed by atoms with Gasteiger partial charge in [-0.05, 0) is 20.3 Å². The van der Waals surface area contributed by atoms with Crippen LogP contribution in [0.1, 0.15) is 33.6 Å². The van der Waals surface area contributed by atoms with E-state index in [9.17, 15) is 4.79 Å². The van der Waals surface area contributed by atoms with Crippen LogP contribution in [0, 0.1) is 0 Å². The monoisotopic (exact) mass is 181 g/mol. The molecule has 0 aromatic carbocycles. The third-order valence-corrected chi connectivity index (χ3v) is 1.71. The first-order chi connectivity index (χ1) is 6.22. The number of rotatable bonds is 5. The smallest absolute Gasteiger partial charge is 0.246 e. The summed E-state index contributed by atoms with van der Waals surface area (Å²) in [6.07, 6.45) is 7.75. The quantitative estimate of drug-likeness (QED) is 0.394. The van der Waals surface area contributed by atoms with Crippen LogP contribution in [0.5, 0.6) is 0 Å². The van der Waals surface area contributed by atoms with Crippen LogP contribution in [-0.2, 0) is 4.79 Å². The zero-order valence-electron chi connectivity index (χ0n) is 8.76. The van der Waals surface area contributed by atoms with Crippen molar-refractivity contribution in [1.82, 2.24) is 5.32 Å². The molecule has 0 aliphatic carbocycles. The molecular weight excluding hydrogens is 162 g/mol. The molecule has 0 saturated heterocycles. The Hall–Kier alpha value is -1.05. The topological polar surface area (TPSA) is 29.1 Å². The minimum atomic E-state index is 0.0338. The lowest BCUT2D eigenvalue weighted by molar-refractivity contribution is -0.117. The van der Waals surface area contributed by atoms with Crippen molar-refractivity contribution in [3.8, 4) is 0 Å². The molecular formula is C11H19NO. The standard InChI is InChI=1S/C11H19NO/c1-4-6-8-10(3)11(13)12-9-7-5-2/h4,6,8H,5,7,9H2,1-3H3,(H,12,13). The molecule has 13 heavy (non-hydrogen) atoms. The second-order valence-electron chi connectivity index (χ2n) is 2.98. The van der Waals surface area contributed by atoms with Gasteiger partial charge < -0.3 is 5.32 Å². The van der Waals surface area contributed by atoms with Crippen LogP contribution >= 0.6 is 0 Å². The highest BCUT2D eigenvalue weighted by molar-refractivity contribution is 5.92. The van der Waals surface area contributed by atoms with Gasteiger partial charge in [0.05, 0.1) is 0 Å². The van der Waals surface area contributed by atoms with Crippen molar-refractivity contribution in [2.45, 2.75) is 33.6 Å². The number of carbonyl (C=O) groups is 1. The van der Waals surface area contributed by atoms with Gasteiger partial charge in [0.15, 0.2) is 0 Å². The van der Waals surface area contributed by atoms with E-state index < -0.39 is 0 Å². The molecule has 0 atom stereocenters. The van der Waals surface area contributed by atoms with Crippen LogP contribution in [-0.4, -0.2) is 12.5 Å². The molecule has 0 bridgehead atoms. The first-order valence-electron chi connectivity index (χ1n) is 4.80. The van der Waals surface area contributed by atoms with E-state index in [1.165, 1.54) is 0 Å². The number of nitrogens with one attached hydrogen (secondary N) is 1. The number of hydrogen-bond donors (Lipinski definition) is 1. The first-order valence-corrected chi connectivity index (χ1v) is 4.80. The van der Waals surface area contributed by atoms with E-state index in [0.717, 1.165) is 25.0 Å². The van der Waals surface area contributed by atoms with Gasteiger partial charge in [0.25, 0.3) is 0 Å². The van der Waals surface area contributed by atoms with Gasteiger partial charge in [0.2, 0.25) is 5.91 Å². The van der Waals surface area contributed by atoms with E-state index in [-0.39, 0.29) is 5.91 Å². The van der Waals surface area contributed by atoms with Gasteiger partial charge in [-0.1, -0.05) is 31.6 Å². The van der Waals surface area contributed by atoms with Gasteiger partial charge in [0.1, 0.15) is 0 Å². The average Bonchev–Trinajstić information content (AvgIpc) is 2.14. The predicted molar refractivity (Wildman–Crippen MR) is 56.5 cm³/mol. The summed E-state index contributed by atoms with van der Waals surface area (Å²) in [5, 5.41) is 2.85. The zero-order valence-corrected chi connectivity index (χ0v) is 8.76. The Labute approximate surface area is 80.7 Å². The number of allylic oxidation sites excluding steroid dienone is 3. The van der Waals surface area contributed by atoms with Crippen molar-refractivity contribution < 1.29 is 4.79 Å². The minimum Gasteiger partial charge on any atom is -0.352 e. The molecule has 1 N–H and O–H groups in total. The first kappa shape index (κ1) is 11.9. The van der Waals surface area contributed by atoms with Crippen LogP contribution in [0.25, 0.3) is 0 Å². The molecule has 0 rings (SSSR count). The molecule has 2 heteroatoms. The van der Waals surface area contributed by atoms with Crippen LogP contribution in [0.4, 0.5) is 0 Å². The summed E-state index contributed by atoms with van der Waals surface area (Å²) in [5.41, 5.74) is 0.759. The molecule has 0 aromatic heterocycles. The van der Waals surface area contributed by atoms with Crippen LogP contribution in [0.2, 0.25) is 0 Å². The molecule has 74 valence electrons. The lowest BCUT2D eigenvalue weighted by atomic mass is 10.2. The van der Waals surface area contributed by atoms with E-state index in [1.54, 1.807) is 0 Å². The molecule has 0 unspecified atom stereocenters. The summed E-state index contributed by atoms with van der Waals surface area (Å²) in [6.45, 7) is 6.63. The lowest BCUT2D eigenvalue weighted by Crippen LogP contribution is -2.24. The van der Waals surface area contributed by atoms with Gasteiger partial charge in [-0.3, -0.25) is 4.79 Å². The van der Waals surface area contributed by atoms with Gasteiger partial charge in [-0.2, -0.15) is 0 Å². The van der Waals surface area contributed by atoms with E-state index in [4.69, 9.17) is 0 Å². The van der Waals surface area contributed by atoms with Gasteiger partial charge in [0, 0.05) is 12.1 Å². The maximum atomic E-state index is 11.3. The van der Waals surface area contributed by atoms with Crippen molar-refractivity contribution in [2.75, 3.05) is 6.54 Å². The number of carbonyl (C=O) groups excluding carboxylic acids is 1. The van der Waals surface area contributed by atoms with Crippen LogP contribution in [0.15, 0.2) is 23.8 Å². The Bertz CT molecular complexity index is 204. The second kappa shape index (κ2) is 7.59. The van der Waals surface area contributed by atoms with Crippen molar-refractivity contribution >= 4 is 5.91 Å². The summed E-state index contributed by atoms with van der Waals surface area (Å²) in [7, 11) is 0. The normalized spacial score (nSPS) is 12.1. The molecule has 0 heterocycles. The fourth-order valence-corrected chi connectivity index (χ4v) is 0.834. The van der Waals surface area contributed by atoms with Crippen molar-refractivity contribution in [1.29, 1.82) is 0 Å². The molecule has 0 aliphatic rings. The summed E-state index contributed by atoms with van der Waals surface area (Å²) < 4.78 is 0. The predicted octanol–water partition coefficient (Wildman–Crippen LogP) is 2.43. The lowest BCUT2D eigenvalue weighted by Gasteiger charge is -2.02. The molecule has 2 nitrogen and oxygen atoms in total. The largest absolute Gasteiger partial charge is 0.352 e. The molecule has 0 aliphatic heterocycles. The molecule has 1 amide bonds. The number of unbranched alkanes of at least 4 members (excludes halogenated alkanes) is 1. The summed E-state index contributed by atoms with van der Waals surface area (Å²) >= 11 is 0. The maximum Gasteiger partial charge on any atom is 0.246 e. The van der Waals surface area contributed by atoms with Crippen LogP contribution < -0.4 is 5.32 Å². The highest BCUT2D eigenvalue weighted by Gasteiger charge is 2.00. The summed E-state index contributed by atoms with van der Waals surface area (Å²) in [5.74, 6) is 0.0338. The average molecular weight is 181 g/mol. The fourth-order valence-electron chi connectivity index (χ4n) is 0.834. The molecule has 0 aromatic rings. The minimum absolute atomic E-state index is 0.0338. The molecule has 0 radical (unpaired) electrons. The summed E-state index contributed by atoms with van der Waals surface area (Å²) in [4.78, 5) is 11.3. The third-order valence-electron chi connectivity index (χ3n) is 1.71. The van der Waals surface area contributed by atoms with Gasteiger partial charge in [-0.15, -0.1) is 0 Å². The highest BCUT2D eigenvalue weighted by atomic mass is 16.1. The van der Waals surface area contributed by atoms with E-state index >= 15 is 0 Å². The fraction of sp³-hybridized carbons (Fsp3) is 0.545. The van der Waals surface area contributed by atoms with Gasteiger partial charge >= 0.3 is 0 Å². The Kier molecular flexibility index (Phi) is 6.98. The molecule has 0 fully saturated rings. The Morgan fingerprint density at radius 1 is 1.46 bits per heavy atom. The van der Waals surface area contributed by atoms with Crippen molar-refractivity contribution in [2.24, 2.45) is 0 Å².